The van der Waals surface area contributed by atoms with Crippen LogP contribution in [0.2, 0.25) is 0 Å². The van der Waals surface area contributed by atoms with Gasteiger partial charge in [0.2, 0.25) is 0 Å². The van der Waals surface area contributed by atoms with E-state index in [2.05, 4.69) is 13.8 Å². The summed E-state index contributed by atoms with van der Waals surface area (Å²) in [4.78, 5) is 0. The molecule has 42 heavy (non-hydrogen) atoms. The standard InChI is InChI=1S/2C18H38O.C2H6O2/c2*1-2-3-4-5-6-7-8-9-10-11-12-13-14-15-16-17-18-19;3-1-2-4/h2*19H,2-18H2,1H3;3-4H,1-2H2. The van der Waals surface area contributed by atoms with Gasteiger partial charge < -0.3 is 20.4 Å². The predicted molar refractivity (Wildman–Crippen MR) is 187 cm³/mol. The van der Waals surface area contributed by atoms with Crippen LogP contribution in [0.3, 0.4) is 0 Å². The second-order valence-corrected chi connectivity index (χ2v) is 12.5. The van der Waals surface area contributed by atoms with Gasteiger partial charge in [0.05, 0.1) is 13.2 Å². The summed E-state index contributed by atoms with van der Waals surface area (Å²) in [7, 11) is 0. The van der Waals surface area contributed by atoms with Gasteiger partial charge in [0.1, 0.15) is 0 Å². The number of hydrogen-bond donors (Lipinski definition) is 4. The van der Waals surface area contributed by atoms with Crippen molar-refractivity contribution in [3.05, 3.63) is 0 Å². The minimum Gasteiger partial charge on any atom is -0.396 e. The monoisotopic (exact) mass is 603 g/mol. The summed E-state index contributed by atoms with van der Waals surface area (Å²) in [5.41, 5.74) is 0. The zero-order valence-electron chi connectivity index (χ0n) is 29.2. The summed E-state index contributed by atoms with van der Waals surface area (Å²) in [6, 6.07) is 0. The highest BCUT2D eigenvalue weighted by Gasteiger charge is 1.95. The Bertz CT molecular complexity index is 323. The van der Waals surface area contributed by atoms with E-state index in [9.17, 15) is 0 Å². The lowest BCUT2D eigenvalue weighted by Crippen LogP contribution is -1.85. The van der Waals surface area contributed by atoms with Gasteiger partial charge in [-0.1, -0.05) is 206 Å². The van der Waals surface area contributed by atoms with Gasteiger partial charge in [-0.05, 0) is 12.8 Å². The van der Waals surface area contributed by atoms with Crippen molar-refractivity contribution < 1.29 is 20.4 Å². The Labute approximate surface area is 265 Å². The van der Waals surface area contributed by atoms with Gasteiger partial charge >= 0.3 is 0 Å². The molecule has 4 heteroatoms. The molecule has 0 fully saturated rings. The van der Waals surface area contributed by atoms with E-state index < -0.39 is 0 Å². The molecule has 0 aliphatic rings. The van der Waals surface area contributed by atoms with E-state index in [-0.39, 0.29) is 13.2 Å². The number of aliphatic hydroxyl groups is 4. The van der Waals surface area contributed by atoms with Crippen LogP contribution in [0, 0.1) is 0 Å². The van der Waals surface area contributed by atoms with Crippen LogP contribution in [0.4, 0.5) is 0 Å². The molecule has 0 spiro atoms. The Kier molecular flexibility index (Phi) is 55.6. The summed E-state index contributed by atoms with van der Waals surface area (Å²) in [5.74, 6) is 0. The molecule has 0 saturated heterocycles. The van der Waals surface area contributed by atoms with Crippen LogP contribution in [0.25, 0.3) is 0 Å². The molecule has 0 unspecified atom stereocenters. The van der Waals surface area contributed by atoms with E-state index in [1.54, 1.807) is 0 Å². The van der Waals surface area contributed by atoms with Crippen molar-refractivity contribution in [2.24, 2.45) is 0 Å². The molecule has 258 valence electrons. The van der Waals surface area contributed by atoms with Gasteiger partial charge in [-0.25, -0.2) is 0 Å². The maximum atomic E-state index is 8.67. The highest BCUT2D eigenvalue weighted by molar-refractivity contribution is 4.51. The maximum absolute atomic E-state index is 8.67. The van der Waals surface area contributed by atoms with Gasteiger partial charge in [-0.15, -0.1) is 0 Å². The third-order valence-electron chi connectivity index (χ3n) is 8.12. The molecule has 0 aliphatic heterocycles. The van der Waals surface area contributed by atoms with Gasteiger partial charge in [0.15, 0.2) is 0 Å². The van der Waals surface area contributed by atoms with E-state index in [0.29, 0.717) is 13.2 Å². The quantitative estimate of drug-likeness (QED) is 0.0563. The maximum Gasteiger partial charge on any atom is 0.0662 e. The Morgan fingerprint density at radius 2 is 0.333 bits per heavy atom. The van der Waals surface area contributed by atoms with Crippen LogP contribution in [0.5, 0.6) is 0 Å². The molecular formula is C38H82O4. The Morgan fingerprint density at radius 1 is 0.190 bits per heavy atom. The Balaban J connectivity index is -0.000000641. The first-order valence-corrected chi connectivity index (χ1v) is 19.2. The van der Waals surface area contributed by atoms with Crippen LogP contribution in [0.15, 0.2) is 0 Å². The van der Waals surface area contributed by atoms with E-state index in [0.717, 1.165) is 12.8 Å². The summed E-state index contributed by atoms with van der Waals surface area (Å²) in [6.45, 7) is 5.07. The molecule has 0 amide bonds. The van der Waals surface area contributed by atoms with Crippen molar-refractivity contribution in [2.75, 3.05) is 26.4 Å². The lowest BCUT2D eigenvalue weighted by molar-refractivity contribution is 0.186. The first kappa shape index (κ1) is 46.3. The molecule has 0 aromatic rings. The largest absolute Gasteiger partial charge is 0.396 e. The van der Waals surface area contributed by atoms with Crippen LogP contribution >= 0.6 is 0 Å². The van der Waals surface area contributed by atoms with E-state index >= 15 is 0 Å². The molecule has 0 heterocycles. The van der Waals surface area contributed by atoms with Gasteiger partial charge in [0.25, 0.3) is 0 Å². The Morgan fingerprint density at radius 3 is 0.452 bits per heavy atom. The van der Waals surface area contributed by atoms with Gasteiger partial charge in [0, 0.05) is 13.2 Å². The molecule has 0 aliphatic carbocycles. The zero-order chi connectivity index (χ0) is 31.5. The third-order valence-corrected chi connectivity index (χ3v) is 8.12. The van der Waals surface area contributed by atoms with Crippen molar-refractivity contribution in [3.63, 3.8) is 0 Å². The summed E-state index contributed by atoms with van der Waals surface area (Å²) < 4.78 is 0. The minimum atomic E-state index is -0.125. The lowest BCUT2D eigenvalue weighted by atomic mass is 10.0. The highest BCUT2D eigenvalue weighted by Crippen LogP contribution is 2.15. The van der Waals surface area contributed by atoms with Crippen molar-refractivity contribution in [3.8, 4) is 0 Å². The second kappa shape index (κ2) is 50.5. The second-order valence-electron chi connectivity index (χ2n) is 12.5. The molecular weight excluding hydrogens is 520 g/mol. The fourth-order valence-electron chi connectivity index (χ4n) is 5.32. The molecule has 0 bridgehead atoms. The number of unbranched alkanes of at least 4 members (excludes halogenated alkanes) is 30. The van der Waals surface area contributed by atoms with Gasteiger partial charge in [-0.3, -0.25) is 0 Å². The van der Waals surface area contributed by atoms with Crippen LogP contribution in [-0.4, -0.2) is 46.9 Å². The average Bonchev–Trinajstić information content (AvgIpc) is 3.01. The molecule has 0 atom stereocenters. The molecule has 0 aromatic heterocycles. The number of rotatable bonds is 33. The fourth-order valence-corrected chi connectivity index (χ4v) is 5.32. The Hall–Kier alpha value is -0.160. The van der Waals surface area contributed by atoms with Gasteiger partial charge in [-0.2, -0.15) is 0 Å². The smallest absolute Gasteiger partial charge is 0.0662 e. The number of aliphatic hydroxyl groups excluding tert-OH is 4. The normalized spacial score (nSPS) is 10.7. The highest BCUT2D eigenvalue weighted by atomic mass is 16.3. The molecule has 4 nitrogen and oxygen atoms in total. The molecule has 4 N–H and O–H groups in total. The van der Waals surface area contributed by atoms with Crippen molar-refractivity contribution in [1.29, 1.82) is 0 Å². The van der Waals surface area contributed by atoms with E-state index in [4.69, 9.17) is 20.4 Å². The lowest BCUT2D eigenvalue weighted by Gasteiger charge is -2.03. The topological polar surface area (TPSA) is 80.9 Å². The number of hydrogen-bond acceptors (Lipinski definition) is 4. The van der Waals surface area contributed by atoms with E-state index in [1.807, 2.05) is 0 Å². The zero-order valence-corrected chi connectivity index (χ0v) is 29.2. The first-order chi connectivity index (χ1) is 20.7. The minimum absolute atomic E-state index is 0.125. The van der Waals surface area contributed by atoms with Crippen LogP contribution in [-0.2, 0) is 0 Å². The molecule has 0 radical (unpaired) electrons. The third kappa shape index (κ3) is 55.7. The van der Waals surface area contributed by atoms with E-state index in [1.165, 1.54) is 193 Å². The summed E-state index contributed by atoms with van der Waals surface area (Å²) in [6.07, 6.45) is 44.3. The van der Waals surface area contributed by atoms with Crippen LogP contribution in [0.1, 0.15) is 219 Å². The molecule has 0 saturated carbocycles. The van der Waals surface area contributed by atoms with Crippen LogP contribution < -0.4 is 0 Å². The molecule has 0 aromatic carbocycles. The average molecular weight is 603 g/mol. The summed E-state index contributed by atoms with van der Waals surface area (Å²) in [5, 5.41) is 32.6. The predicted octanol–water partition coefficient (Wildman–Crippen LogP) is 11.5. The molecule has 0 rings (SSSR count). The van der Waals surface area contributed by atoms with Crippen molar-refractivity contribution in [2.45, 2.75) is 219 Å². The first-order valence-electron chi connectivity index (χ1n) is 19.2. The van der Waals surface area contributed by atoms with Crippen molar-refractivity contribution >= 4 is 0 Å². The summed E-state index contributed by atoms with van der Waals surface area (Å²) >= 11 is 0. The SMILES string of the molecule is CCCCCCCCCCCCCCCCCCO.CCCCCCCCCCCCCCCCCCO.OCCO. The van der Waals surface area contributed by atoms with Crippen molar-refractivity contribution in [1.82, 2.24) is 0 Å². The fraction of sp³-hybridized carbons (Fsp3) is 1.00.